The van der Waals surface area contributed by atoms with E-state index >= 15 is 0 Å². The lowest BCUT2D eigenvalue weighted by Gasteiger charge is -2.32. The van der Waals surface area contributed by atoms with Crippen LogP contribution in [-0.2, 0) is 21.7 Å². The summed E-state index contributed by atoms with van der Waals surface area (Å²) in [5.41, 5.74) is 29.7. The summed E-state index contributed by atoms with van der Waals surface area (Å²) in [6.45, 7) is 19.3. The summed E-state index contributed by atoms with van der Waals surface area (Å²) in [7, 11) is 0. The highest BCUT2D eigenvalue weighted by molar-refractivity contribution is 6.21. The maximum absolute atomic E-state index is 7.06. The Morgan fingerprint density at radius 2 is 0.773 bits per heavy atom. The molecule has 0 atom stereocenters. The number of anilines is 3. The fraction of sp³-hybridized carbons (Fsp3) is 0.167. The van der Waals surface area contributed by atoms with Crippen molar-refractivity contribution in [2.75, 3.05) is 4.90 Å². The van der Waals surface area contributed by atoms with Crippen LogP contribution in [0.3, 0.4) is 0 Å². The largest absolute Gasteiger partial charge is 0.455 e. The molecule has 16 rings (SSSR count). The van der Waals surface area contributed by atoms with Crippen LogP contribution >= 0.6 is 0 Å². The molecule has 0 N–H and O–H groups in total. The van der Waals surface area contributed by atoms with Gasteiger partial charge in [-0.1, -0.05) is 183 Å². The summed E-state index contributed by atoms with van der Waals surface area (Å²) in [4.78, 5) is 2.47. The van der Waals surface area contributed by atoms with E-state index in [9.17, 15) is 0 Å². The molecule has 2 heterocycles. The first-order chi connectivity index (χ1) is 36.2. The van der Waals surface area contributed by atoms with Crippen molar-refractivity contribution in [2.24, 2.45) is 0 Å². The molecule has 3 nitrogen and oxygen atoms in total. The van der Waals surface area contributed by atoms with Crippen LogP contribution < -0.4 is 4.90 Å². The van der Waals surface area contributed by atoms with Crippen LogP contribution in [0.4, 0.5) is 17.1 Å². The second kappa shape index (κ2) is 14.3. The molecule has 2 aromatic heterocycles. The van der Waals surface area contributed by atoms with E-state index in [1.165, 1.54) is 111 Å². The van der Waals surface area contributed by atoms with Crippen LogP contribution in [0.25, 0.3) is 99.5 Å². The monoisotopic (exact) mass is 965 g/mol. The third kappa shape index (κ3) is 5.36. The molecule has 0 saturated carbocycles. The Morgan fingerprint density at radius 3 is 1.47 bits per heavy atom. The van der Waals surface area contributed by atoms with Crippen LogP contribution in [0, 0.1) is 0 Å². The predicted molar refractivity (Wildman–Crippen MR) is 311 cm³/mol. The maximum atomic E-state index is 7.06. The zero-order valence-electron chi connectivity index (χ0n) is 43.7. The van der Waals surface area contributed by atoms with Crippen molar-refractivity contribution in [3.05, 3.63) is 233 Å². The fourth-order valence-corrected chi connectivity index (χ4v) is 15.0. The van der Waals surface area contributed by atoms with Crippen molar-refractivity contribution >= 4 is 60.9 Å². The van der Waals surface area contributed by atoms with Gasteiger partial charge >= 0.3 is 0 Å². The second-order valence-electron chi connectivity index (χ2n) is 23.9. The van der Waals surface area contributed by atoms with Crippen molar-refractivity contribution in [1.29, 1.82) is 0 Å². The number of furan rings is 2. The number of para-hydroxylation sites is 3. The molecule has 0 aliphatic heterocycles. The van der Waals surface area contributed by atoms with E-state index in [0.29, 0.717) is 0 Å². The molecular weight excluding hydrogens is 911 g/mol. The minimum absolute atomic E-state index is 0.120. The van der Waals surface area contributed by atoms with Crippen LogP contribution in [-0.4, -0.2) is 0 Å². The quantitative estimate of drug-likeness (QED) is 0.176. The van der Waals surface area contributed by atoms with E-state index in [4.69, 9.17) is 8.83 Å². The highest BCUT2D eigenvalue weighted by atomic mass is 16.3. The molecule has 360 valence electrons. The zero-order chi connectivity index (χ0) is 50.7. The molecule has 4 aliphatic carbocycles. The van der Waals surface area contributed by atoms with Gasteiger partial charge in [-0.25, -0.2) is 0 Å². The Bertz CT molecular complexity index is 4530. The molecule has 3 heteroatoms. The van der Waals surface area contributed by atoms with Crippen LogP contribution in [0.1, 0.15) is 99.9 Å². The van der Waals surface area contributed by atoms with E-state index in [1.807, 2.05) is 0 Å². The molecule has 0 amide bonds. The van der Waals surface area contributed by atoms with E-state index in [2.05, 4.69) is 248 Å². The Labute approximate surface area is 437 Å². The number of nitrogens with zero attached hydrogens (tertiary/aromatic N) is 1. The van der Waals surface area contributed by atoms with Crippen molar-refractivity contribution in [3.63, 3.8) is 0 Å². The summed E-state index contributed by atoms with van der Waals surface area (Å²) in [5.74, 6) is 0. The lowest BCUT2D eigenvalue weighted by molar-refractivity contribution is 0.600. The van der Waals surface area contributed by atoms with Gasteiger partial charge in [0, 0.05) is 71.4 Å². The first-order valence-corrected chi connectivity index (χ1v) is 26.7. The number of rotatable bonds is 4. The molecule has 0 fully saturated rings. The second-order valence-corrected chi connectivity index (χ2v) is 23.9. The normalized spacial score (nSPS) is 16.2. The summed E-state index contributed by atoms with van der Waals surface area (Å²) < 4.78 is 14.1. The molecule has 10 aromatic carbocycles. The smallest absolute Gasteiger partial charge is 0.144 e. The molecule has 0 spiro atoms. The minimum atomic E-state index is -0.337. The van der Waals surface area contributed by atoms with Gasteiger partial charge in [0.2, 0.25) is 0 Å². The first-order valence-electron chi connectivity index (χ1n) is 26.7. The topological polar surface area (TPSA) is 29.5 Å². The van der Waals surface area contributed by atoms with Gasteiger partial charge < -0.3 is 13.7 Å². The van der Waals surface area contributed by atoms with Gasteiger partial charge in [-0.05, 0) is 150 Å². The van der Waals surface area contributed by atoms with Crippen molar-refractivity contribution in [2.45, 2.75) is 77.0 Å². The number of hydrogen-bond acceptors (Lipinski definition) is 3. The summed E-state index contributed by atoms with van der Waals surface area (Å²) >= 11 is 0. The molecule has 4 aliphatic rings. The van der Waals surface area contributed by atoms with E-state index in [1.54, 1.807) is 0 Å². The van der Waals surface area contributed by atoms with Crippen molar-refractivity contribution in [3.8, 4) is 55.6 Å². The van der Waals surface area contributed by atoms with Gasteiger partial charge in [-0.3, -0.25) is 0 Å². The molecule has 75 heavy (non-hydrogen) atoms. The standard InChI is InChI=1S/C72H55NO2/c1-69(2)52-26-16-12-22-44(52)45-33-30-40(36-54(45)69)51-39-57-60(62-49-24-14-18-28-58(49)74-67(51)62)47-34-31-42(37-55(47)70(57,3)4)73(41-20-10-9-11-21-41)43-32-35-48-56(38-43)72(7,8)66-64(48)68-63(50-25-15-19-29-59(50)75-68)61-46-23-13-17-27-53(46)71(5,6)65(61)66/h9-39H,1-8H3. The lowest BCUT2D eigenvalue weighted by Crippen LogP contribution is -2.24. The number of benzene rings is 10. The molecule has 0 saturated heterocycles. The van der Waals surface area contributed by atoms with Gasteiger partial charge in [0.15, 0.2) is 0 Å². The Kier molecular flexibility index (Phi) is 8.18. The van der Waals surface area contributed by atoms with Crippen LogP contribution in [0.15, 0.2) is 197 Å². The van der Waals surface area contributed by atoms with Gasteiger partial charge in [0.25, 0.3) is 0 Å². The molecule has 0 unspecified atom stereocenters. The number of hydrogen-bond donors (Lipinski definition) is 0. The predicted octanol–water partition coefficient (Wildman–Crippen LogP) is 19.8. The van der Waals surface area contributed by atoms with Gasteiger partial charge in [0.05, 0.1) is 0 Å². The Balaban J connectivity index is 0.878. The van der Waals surface area contributed by atoms with E-state index in [0.717, 1.165) is 50.3 Å². The van der Waals surface area contributed by atoms with Gasteiger partial charge in [-0.2, -0.15) is 0 Å². The van der Waals surface area contributed by atoms with Gasteiger partial charge in [-0.15, -0.1) is 0 Å². The zero-order valence-corrected chi connectivity index (χ0v) is 43.7. The maximum Gasteiger partial charge on any atom is 0.144 e. The highest BCUT2D eigenvalue weighted by Gasteiger charge is 2.49. The fourth-order valence-electron chi connectivity index (χ4n) is 15.0. The molecule has 0 bridgehead atoms. The molecule has 0 radical (unpaired) electrons. The van der Waals surface area contributed by atoms with Crippen molar-refractivity contribution < 1.29 is 8.83 Å². The lowest BCUT2D eigenvalue weighted by atomic mass is 9.72. The van der Waals surface area contributed by atoms with E-state index in [-0.39, 0.29) is 21.7 Å². The number of fused-ring (bicyclic) bond motifs is 22. The first kappa shape index (κ1) is 43.0. The Morgan fingerprint density at radius 1 is 0.307 bits per heavy atom. The SMILES string of the molecule is CC1(C)c2ccccc2-c2ccc(-c3cc4c(c5c3oc3ccccc35)-c3ccc(N(c5ccccc5)c5ccc6c(c5)C(C)(C)c5c7c(c8c(oc9ccccc98)c5-6)-c5ccccc5C7(C)C)cc3C4(C)C)cc21. The Hall–Kier alpha value is -8.40. The summed E-state index contributed by atoms with van der Waals surface area (Å²) in [6.07, 6.45) is 0. The van der Waals surface area contributed by atoms with Crippen LogP contribution in [0.5, 0.6) is 0 Å². The van der Waals surface area contributed by atoms with E-state index < -0.39 is 0 Å². The molecule has 12 aromatic rings. The van der Waals surface area contributed by atoms with Crippen LogP contribution in [0.2, 0.25) is 0 Å². The average Bonchev–Trinajstić information content (AvgIpc) is 4.24. The van der Waals surface area contributed by atoms with Crippen molar-refractivity contribution in [1.82, 2.24) is 0 Å². The summed E-state index contributed by atoms with van der Waals surface area (Å²) in [5, 5.41) is 4.75. The molecular formula is C72H55NO2. The average molecular weight is 966 g/mol. The third-order valence-corrected chi connectivity index (χ3v) is 18.6. The van der Waals surface area contributed by atoms with Gasteiger partial charge in [0.1, 0.15) is 22.3 Å². The summed E-state index contributed by atoms with van der Waals surface area (Å²) in [6, 6.07) is 70.1. The minimum Gasteiger partial charge on any atom is -0.455 e. The third-order valence-electron chi connectivity index (χ3n) is 18.6. The highest BCUT2D eigenvalue weighted by Crippen LogP contribution is 2.64.